The largest absolute Gasteiger partial charge is 0.462 e. The number of hydrogen-bond acceptors (Lipinski definition) is 3. The molecule has 0 radical (unpaired) electrons. The summed E-state index contributed by atoms with van der Waals surface area (Å²) in [5, 5.41) is 10.6. The van der Waals surface area contributed by atoms with Gasteiger partial charge in [-0.2, -0.15) is 0 Å². The van der Waals surface area contributed by atoms with Gasteiger partial charge in [-0.25, -0.2) is 4.79 Å². The van der Waals surface area contributed by atoms with Crippen LogP contribution < -0.4 is 0 Å². The topological polar surface area (TPSA) is 46.5 Å². The molecule has 1 aromatic carbocycles. The molecule has 1 atom stereocenters. The smallest absolute Gasteiger partial charge is 0.334 e. The van der Waals surface area contributed by atoms with Crippen LogP contribution in [-0.4, -0.2) is 17.7 Å². The number of hydrogen-bond donors (Lipinski definition) is 1. The molecule has 0 bridgehead atoms. The van der Waals surface area contributed by atoms with Crippen molar-refractivity contribution >= 4 is 5.97 Å². The van der Waals surface area contributed by atoms with Gasteiger partial charge >= 0.3 is 5.97 Å². The fourth-order valence-corrected chi connectivity index (χ4v) is 2.76. The highest BCUT2D eigenvalue weighted by Crippen LogP contribution is 2.32. The van der Waals surface area contributed by atoms with Crippen molar-refractivity contribution in [2.24, 2.45) is 0 Å². The molecule has 0 saturated carbocycles. The van der Waals surface area contributed by atoms with Gasteiger partial charge in [0.05, 0.1) is 6.61 Å². The van der Waals surface area contributed by atoms with Gasteiger partial charge < -0.3 is 9.84 Å². The number of carbonyl (C=O) groups excluding carboxylic acids is 1. The zero-order chi connectivity index (χ0) is 15.1. The second-order valence-electron chi connectivity index (χ2n) is 5.51. The van der Waals surface area contributed by atoms with Crippen molar-refractivity contribution in [3.63, 3.8) is 0 Å². The Morgan fingerprint density at radius 1 is 1.24 bits per heavy atom. The normalized spacial score (nSPS) is 18.5. The molecule has 0 amide bonds. The monoisotopic (exact) mass is 288 g/mol. The Labute approximate surface area is 126 Å². The lowest BCUT2D eigenvalue weighted by Gasteiger charge is -2.17. The van der Waals surface area contributed by atoms with Crippen LogP contribution in [0, 0.1) is 0 Å². The molecule has 1 fully saturated rings. The van der Waals surface area contributed by atoms with Crippen molar-refractivity contribution in [1.82, 2.24) is 0 Å². The van der Waals surface area contributed by atoms with Gasteiger partial charge in [-0.1, -0.05) is 56.5 Å². The highest BCUT2D eigenvalue weighted by atomic mass is 16.5. The van der Waals surface area contributed by atoms with E-state index in [1.807, 2.05) is 30.3 Å². The summed E-state index contributed by atoms with van der Waals surface area (Å²) in [6, 6.07) is 9.54. The van der Waals surface area contributed by atoms with Gasteiger partial charge in [-0.05, 0) is 24.0 Å². The number of esters is 1. The van der Waals surface area contributed by atoms with E-state index in [1.54, 1.807) is 0 Å². The molecule has 3 heteroatoms. The quantitative estimate of drug-likeness (QED) is 0.470. The Hall–Kier alpha value is -1.61. The van der Waals surface area contributed by atoms with Crippen LogP contribution in [0.1, 0.15) is 57.1 Å². The Morgan fingerprint density at radius 2 is 2.00 bits per heavy atom. The van der Waals surface area contributed by atoms with E-state index in [4.69, 9.17) is 4.74 Å². The molecule has 114 valence electrons. The van der Waals surface area contributed by atoms with Gasteiger partial charge in [0.1, 0.15) is 6.10 Å². The minimum absolute atomic E-state index is 0.254. The Kier molecular flexibility index (Phi) is 6.00. The second-order valence-corrected chi connectivity index (χ2v) is 5.51. The molecule has 1 heterocycles. The van der Waals surface area contributed by atoms with E-state index >= 15 is 0 Å². The van der Waals surface area contributed by atoms with Crippen molar-refractivity contribution < 1.29 is 14.6 Å². The predicted octanol–water partition coefficient (Wildman–Crippen LogP) is 3.93. The number of aliphatic hydroxyl groups is 1. The zero-order valence-corrected chi connectivity index (χ0v) is 12.7. The van der Waals surface area contributed by atoms with Gasteiger partial charge in [-0.15, -0.1) is 0 Å². The lowest BCUT2D eigenvalue weighted by atomic mass is 9.91. The van der Waals surface area contributed by atoms with Crippen LogP contribution >= 0.6 is 0 Å². The maximum atomic E-state index is 11.8. The van der Waals surface area contributed by atoms with Crippen molar-refractivity contribution in [3.8, 4) is 0 Å². The van der Waals surface area contributed by atoms with Crippen LogP contribution in [0.25, 0.3) is 0 Å². The summed E-state index contributed by atoms with van der Waals surface area (Å²) in [5.41, 5.74) is 2.37. The van der Waals surface area contributed by atoms with Gasteiger partial charge in [0.15, 0.2) is 0 Å². The average Bonchev–Trinajstić information content (AvgIpc) is 2.94. The fraction of sp³-hybridized carbons (Fsp3) is 0.500. The summed E-state index contributed by atoms with van der Waals surface area (Å²) in [6.45, 7) is 2.61. The third-order valence-corrected chi connectivity index (χ3v) is 3.96. The first kappa shape index (κ1) is 15.8. The Balaban J connectivity index is 2.17. The first-order valence-electron chi connectivity index (χ1n) is 7.86. The summed E-state index contributed by atoms with van der Waals surface area (Å²) < 4.78 is 5.05. The van der Waals surface area contributed by atoms with Crippen LogP contribution in [0.2, 0.25) is 0 Å². The van der Waals surface area contributed by atoms with Crippen molar-refractivity contribution in [1.29, 1.82) is 0 Å². The number of aliphatic hydroxyl groups excluding tert-OH is 1. The van der Waals surface area contributed by atoms with E-state index in [9.17, 15) is 9.90 Å². The summed E-state index contributed by atoms with van der Waals surface area (Å²) in [4.78, 5) is 11.8. The Morgan fingerprint density at radius 3 is 2.62 bits per heavy atom. The number of carbonyl (C=O) groups is 1. The molecule has 1 unspecified atom stereocenters. The number of rotatable bonds is 7. The maximum Gasteiger partial charge on any atom is 0.334 e. The summed E-state index contributed by atoms with van der Waals surface area (Å²) in [6.07, 6.45) is 5.18. The lowest BCUT2D eigenvalue weighted by molar-refractivity contribution is -0.135. The molecule has 0 aliphatic carbocycles. The van der Waals surface area contributed by atoms with Crippen LogP contribution in [0.4, 0.5) is 0 Å². The summed E-state index contributed by atoms with van der Waals surface area (Å²) >= 11 is 0. The molecule has 2 rings (SSSR count). The molecule has 1 aromatic rings. The van der Waals surface area contributed by atoms with E-state index in [-0.39, 0.29) is 5.97 Å². The number of benzene rings is 1. The molecule has 0 spiro atoms. The predicted molar refractivity (Wildman–Crippen MR) is 82.8 cm³/mol. The van der Waals surface area contributed by atoms with Gasteiger partial charge in [-0.3, -0.25) is 0 Å². The van der Waals surface area contributed by atoms with Crippen molar-refractivity contribution in [2.45, 2.75) is 51.6 Å². The molecule has 1 aliphatic heterocycles. The van der Waals surface area contributed by atoms with Gasteiger partial charge in [0.25, 0.3) is 0 Å². The molecule has 3 nitrogen and oxygen atoms in total. The first-order chi connectivity index (χ1) is 10.2. The number of cyclic esters (lactones) is 1. The third-order valence-electron chi connectivity index (χ3n) is 3.96. The van der Waals surface area contributed by atoms with E-state index in [2.05, 4.69) is 6.92 Å². The van der Waals surface area contributed by atoms with Gasteiger partial charge in [0.2, 0.25) is 0 Å². The van der Waals surface area contributed by atoms with Crippen molar-refractivity contribution in [3.05, 3.63) is 47.0 Å². The standard InChI is InChI=1S/C18H24O3/c1-2-3-4-8-11-15(16-12-13-21-18(16)20)17(19)14-9-6-5-7-10-14/h5-7,9-10,17,19H,2-4,8,11-13H2,1H3. The van der Waals surface area contributed by atoms with E-state index in [0.717, 1.165) is 30.4 Å². The number of ether oxygens (including phenoxy) is 1. The minimum atomic E-state index is -0.700. The van der Waals surface area contributed by atoms with Crippen LogP contribution in [0.5, 0.6) is 0 Å². The average molecular weight is 288 g/mol. The zero-order valence-electron chi connectivity index (χ0n) is 12.7. The van der Waals surface area contributed by atoms with Crippen molar-refractivity contribution in [2.75, 3.05) is 6.61 Å². The maximum absolute atomic E-state index is 11.8. The number of unbranched alkanes of at least 4 members (excludes halogenated alkanes) is 3. The lowest BCUT2D eigenvalue weighted by Crippen LogP contribution is -2.08. The third kappa shape index (κ3) is 4.18. The van der Waals surface area contributed by atoms with E-state index < -0.39 is 6.10 Å². The van der Waals surface area contributed by atoms with Crippen LogP contribution in [0.3, 0.4) is 0 Å². The highest BCUT2D eigenvalue weighted by Gasteiger charge is 2.26. The minimum Gasteiger partial charge on any atom is -0.462 e. The first-order valence-corrected chi connectivity index (χ1v) is 7.86. The second kappa shape index (κ2) is 7.99. The molecular formula is C18H24O3. The molecule has 1 saturated heterocycles. The van der Waals surface area contributed by atoms with E-state index in [0.29, 0.717) is 18.6 Å². The molecule has 21 heavy (non-hydrogen) atoms. The molecular weight excluding hydrogens is 264 g/mol. The molecule has 1 aliphatic rings. The molecule has 1 N–H and O–H groups in total. The van der Waals surface area contributed by atoms with Crippen LogP contribution in [0.15, 0.2) is 41.5 Å². The Bertz CT molecular complexity index is 490. The summed E-state index contributed by atoms with van der Waals surface area (Å²) in [5.74, 6) is -0.254. The highest BCUT2D eigenvalue weighted by molar-refractivity contribution is 5.91. The SMILES string of the molecule is CCCCCCC(=C1CCOC1=O)C(O)c1ccccc1. The fourth-order valence-electron chi connectivity index (χ4n) is 2.76. The van der Waals surface area contributed by atoms with E-state index in [1.165, 1.54) is 12.8 Å². The van der Waals surface area contributed by atoms with Crippen LogP contribution in [-0.2, 0) is 9.53 Å². The van der Waals surface area contributed by atoms with Gasteiger partial charge in [0, 0.05) is 12.0 Å². The molecule has 0 aromatic heterocycles. The summed E-state index contributed by atoms with van der Waals surface area (Å²) in [7, 11) is 0.